The predicted octanol–water partition coefficient (Wildman–Crippen LogP) is 3.21. The highest BCUT2D eigenvalue weighted by Gasteiger charge is 2.16. The Kier molecular flexibility index (Phi) is 8.81. The van der Waals surface area contributed by atoms with Gasteiger partial charge in [0.25, 0.3) is 5.91 Å². The number of amides is 2. The van der Waals surface area contributed by atoms with Gasteiger partial charge in [-0.3, -0.25) is 14.4 Å². The standard InChI is InChI=1S/C21H30N2O4/c1-2-17-10-6-7-11-18(17)23-19(24)14-22-20(25)15-27-21(26)13-12-16-8-4-3-5-9-16/h6-7,10-11,16H,2-5,8-9,12-15H2,1H3,(H,22,25)(H,23,24). The molecule has 1 aromatic carbocycles. The molecular weight excluding hydrogens is 344 g/mol. The normalized spacial score (nSPS) is 14.4. The van der Waals surface area contributed by atoms with E-state index in [1.54, 1.807) is 0 Å². The first kappa shape index (κ1) is 20.9. The zero-order valence-corrected chi connectivity index (χ0v) is 16.1. The summed E-state index contributed by atoms with van der Waals surface area (Å²) in [6.07, 6.45) is 8.14. The van der Waals surface area contributed by atoms with Gasteiger partial charge in [0.05, 0.1) is 6.54 Å². The zero-order chi connectivity index (χ0) is 19.5. The molecule has 1 saturated carbocycles. The van der Waals surface area contributed by atoms with Crippen LogP contribution in [-0.4, -0.2) is 30.9 Å². The predicted molar refractivity (Wildman–Crippen MR) is 104 cm³/mol. The molecule has 6 heteroatoms. The minimum atomic E-state index is -0.472. The fraction of sp³-hybridized carbons (Fsp3) is 0.571. The van der Waals surface area contributed by atoms with Gasteiger partial charge in [-0.25, -0.2) is 0 Å². The van der Waals surface area contributed by atoms with E-state index in [9.17, 15) is 14.4 Å². The molecule has 1 aromatic rings. The summed E-state index contributed by atoms with van der Waals surface area (Å²) in [5, 5.41) is 5.25. The van der Waals surface area contributed by atoms with Crippen molar-refractivity contribution in [3.8, 4) is 0 Å². The van der Waals surface area contributed by atoms with Crippen LogP contribution in [0.2, 0.25) is 0 Å². The van der Waals surface area contributed by atoms with Crippen LogP contribution in [0.3, 0.4) is 0 Å². The molecule has 2 N–H and O–H groups in total. The zero-order valence-electron chi connectivity index (χ0n) is 16.1. The van der Waals surface area contributed by atoms with E-state index in [4.69, 9.17) is 4.74 Å². The van der Waals surface area contributed by atoms with E-state index in [-0.39, 0.29) is 25.0 Å². The van der Waals surface area contributed by atoms with E-state index in [0.717, 1.165) is 24.1 Å². The topological polar surface area (TPSA) is 84.5 Å². The third-order valence-electron chi connectivity index (χ3n) is 4.96. The van der Waals surface area contributed by atoms with Crippen molar-refractivity contribution in [1.82, 2.24) is 5.32 Å². The number of para-hydroxylation sites is 1. The summed E-state index contributed by atoms with van der Waals surface area (Å²) in [5.74, 6) is -0.528. The molecule has 148 valence electrons. The van der Waals surface area contributed by atoms with Gasteiger partial charge in [-0.2, -0.15) is 0 Å². The highest BCUT2D eigenvalue weighted by molar-refractivity contribution is 5.95. The van der Waals surface area contributed by atoms with Crippen molar-refractivity contribution in [3.05, 3.63) is 29.8 Å². The van der Waals surface area contributed by atoms with Crippen LogP contribution in [-0.2, 0) is 25.5 Å². The third kappa shape index (κ3) is 7.81. The van der Waals surface area contributed by atoms with Gasteiger partial charge < -0.3 is 15.4 Å². The number of benzene rings is 1. The molecule has 0 radical (unpaired) electrons. The first-order valence-electron chi connectivity index (χ1n) is 9.88. The van der Waals surface area contributed by atoms with Crippen LogP contribution < -0.4 is 10.6 Å². The smallest absolute Gasteiger partial charge is 0.306 e. The summed E-state index contributed by atoms with van der Waals surface area (Å²) in [4.78, 5) is 35.5. The summed E-state index contributed by atoms with van der Waals surface area (Å²) in [7, 11) is 0. The maximum atomic E-state index is 12.0. The SMILES string of the molecule is CCc1ccccc1NC(=O)CNC(=O)COC(=O)CCC1CCCCC1. The molecule has 0 aliphatic heterocycles. The second-order valence-electron chi connectivity index (χ2n) is 7.04. The van der Waals surface area contributed by atoms with Crippen LogP contribution in [0.15, 0.2) is 24.3 Å². The quantitative estimate of drug-likeness (QED) is 0.650. The second-order valence-corrected chi connectivity index (χ2v) is 7.04. The molecule has 0 unspecified atom stereocenters. The number of rotatable bonds is 9. The summed E-state index contributed by atoms with van der Waals surface area (Å²) in [5.41, 5.74) is 1.78. The number of esters is 1. The molecule has 1 aliphatic rings. The number of aryl methyl sites for hydroxylation is 1. The Labute approximate surface area is 161 Å². The lowest BCUT2D eigenvalue weighted by molar-refractivity contribution is -0.148. The fourth-order valence-electron chi connectivity index (χ4n) is 3.39. The average Bonchev–Trinajstić information content (AvgIpc) is 2.70. The molecule has 1 fully saturated rings. The van der Waals surface area contributed by atoms with Crippen molar-refractivity contribution in [3.63, 3.8) is 0 Å². The molecule has 1 aliphatic carbocycles. The number of hydrogen-bond acceptors (Lipinski definition) is 4. The van der Waals surface area contributed by atoms with E-state index in [1.807, 2.05) is 31.2 Å². The molecule has 0 spiro atoms. The number of anilines is 1. The molecule has 0 saturated heterocycles. The van der Waals surface area contributed by atoms with Gasteiger partial charge in [0.2, 0.25) is 5.91 Å². The van der Waals surface area contributed by atoms with E-state index < -0.39 is 5.91 Å². The summed E-state index contributed by atoms with van der Waals surface area (Å²) in [6, 6.07) is 7.53. The summed E-state index contributed by atoms with van der Waals surface area (Å²) >= 11 is 0. The third-order valence-corrected chi connectivity index (χ3v) is 4.96. The van der Waals surface area contributed by atoms with Crippen molar-refractivity contribution in [2.75, 3.05) is 18.5 Å². The van der Waals surface area contributed by atoms with Gasteiger partial charge in [-0.1, -0.05) is 57.2 Å². The lowest BCUT2D eigenvalue weighted by atomic mass is 9.86. The Morgan fingerprint density at radius 3 is 2.56 bits per heavy atom. The number of ether oxygens (including phenoxy) is 1. The monoisotopic (exact) mass is 374 g/mol. The van der Waals surface area contributed by atoms with Crippen LogP contribution in [0.25, 0.3) is 0 Å². The molecule has 6 nitrogen and oxygen atoms in total. The molecule has 0 atom stereocenters. The molecule has 0 bridgehead atoms. The lowest BCUT2D eigenvalue weighted by Gasteiger charge is -2.20. The minimum Gasteiger partial charge on any atom is -0.456 e. The first-order chi connectivity index (χ1) is 13.1. The van der Waals surface area contributed by atoms with Gasteiger partial charge in [-0.15, -0.1) is 0 Å². The number of hydrogen-bond donors (Lipinski definition) is 2. The summed E-state index contributed by atoms with van der Waals surface area (Å²) in [6.45, 7) is 1.51. The molecule has 27 heavy (non-hydrogen) atoms. The fourth-order valence-corrected chi connectivity index (χ4v) is 3.39. The molecule has 0 heterocycles. The minimum absolute atomic E-state index is 0.156. The highest BCUT2D eigenvalue weighted by atomic mass is 16.5. The Morgan fingerprint density at radius 2 is 1.81 bits per heavy atom. The Hall–Kier alpha value is -2.37. The maximum Gasteiger partial charge on any atom is 0.306 e. The molecular formula is C21H30N2O4. The first-order valence-corrected chi connectivity index (χ1v) is 9.88. The number of nitrogens with one attached hydrogen (secondary N) is 2. The van der Waals surface area contributed by atoms with Crippen molar-refractivity contribution < 1.29 is 19.1 Å². The van der Waals surface area contributed by atoms with Gasteiger partial charge in [-0.05, 0) is 30.4 Å². The van der Waals surface area contributed by atoms with Gasteiger partial charge >= 0.3 is 5.97 Å². The average molecular weight is 374 g/mol. The molecule has 2 amide bonds. The van der Waals surface area contributed by atoms with E-state index >= 15 is 0 Å². The Morgan fingerprint density at radius 1 is 1.07 bits per heavy atom. The van der Waals surface area contributed by atoms with Crippen LogP contribution in [0.1, 0.15) is 57.4 Å². The Balaban J connectivity index is 1.60. The highest BCUT2D eigenvalue weighted by Crippen LogP contribution is 2.27. The largest absolute Gasteiger partial charge is 0.456 e. The molecule has 2 rings (SSSR count). The van der Waals surface area contributed by atoms with Gasteiger partial charge in [0, 0.05) is 12.1 Å². The van der Waals surface area contributed by atoms with Gasteiger partial charge in [0.1, 0.15) is 0 Å². The van der Waals surface area contributed by atoms with Gasteiger partial charge in [0.15, 0.2) is 6.61 Å². The van der Waals surface area contributed by atoms with Crippen molar-refractivity contribution in [2.24, 2.45) is 5.92 Å². The van der Waals surface area contributed by atoms with Crippen molar-refractivity contribution >= 4 is 23.5 Å². The van der Waals surface area contributed by atoms with Crippen LogP contribution in [0.5, 0.6) is 0 Å². The van der Waals surface area contributed by atoms with Crippen LogP contribution in [0, 0.1) is 5.92 Å². The number of carbonyl (C=O) groups is 3. The van der Waals surface area contributed by atoms with Crippen LogP contribution in [0.4, 0.5) is 5.69 Å². The van der Waals surface area contributed by atoms with Crippen molar-refractivity contribution in [1.29, 1.82) is 0 Å². The van der Waals surface area contributed by atoms with E-state index in [1.165, 1.54) is 32.1 Å². The molecule has 0 aromatic heterocycles. The van der Waals surface area contributed by atoms with E-state index in [0.29, 0.717) is 12.3 Å². The van der Waals surface area contributed by atoms with Crippen LogP contribution >= 0.6 is 0 Å². The van der Waals surface area contributed by atoms with Crippen molar-refractivity contribution in [2.45, 2.75) is 58.3 Å². The second kappa shape index (κ2) is 11.4. The Bertz CT molecular complexity index is 639. The number of carbonyl (C=O) groups excluding carboxylic acids is 3. The summed E-state index contributed by atoms with van der Waals surface area (Å²) < 4.78 is 5.00. The maximum absolute atomic E-state index is 12.0. The lowest BCUT2D eigenvalue weighted by Crippen LogP contribution is -2.35. The van der Waals surface area contributed by atoms with E-state index in [2.05, 4.69) is 10.6 Å².